The molecule has 110 valence electrons. The molecule has 0 amide bonds. The van der Waals surface area contributed by atoms with Crippen LogP contribution in [0.25, 0.3) is 0 Å². The molecule has 0 spiro atoms. The van der Waals surface area contributed by atoms with E-state index < -0.39 is 0 Å². The summed E-state index contributed by atoms with van der Waals surface area (Å²) in [6.07, 6.45) is 3.86. The fraction of sp³-hybridized carbons (Fsp3) is 0.588. The standard InChI is InChI=1S/C17H25NO2/c1-3-9-17(10-11-18-13-17)16(19)14-7-5-6-8-15(14)20-12-4-2/h5-8,18H,3-4,9-13H2,1-2H3. The minimum absolute atomic E-state index is 0.236. The molecular formula is C17H25NO2. The van der Waals surface area contributed by atoms with Gasteiger partial charge in [-0.1, -0.05) is 32.4 Å². The minimum Gasteiger partial charge on any atom is -0.493 e. The third kappa shape index (κ3) is 3.04. The van der Waals surface area contributed by atoms with Crippen LogP contribution >= 0.6 is 0 Å². The molecule has 0 saturated carbocycles. The molecule has 1 heterocycles. The molecule has 1 aliphatic heterocycles. The summed E-state index contributed by atoms with van der Waals surface area (Å²) in [5, 5.41) is 3.35. The number of carbonyl (C=O) groups excluding carboxylic acids is 1. The number of para-hydroxylation sites is 1. The number of Topliss-reactive ketones (excluding diaryl/α,β-unsaturated/α-hetero) is 1. The third-order valence-corrected chi connectivity index (χ3v) is 4.05. The van der Waals surface area contributed by atoms with Crippen LogP contribution in [0.3, 0.4) is 0 Å². The summed E-state index contributed by atoms with van der Waals surface area (Å²) in [5.74, 6) is 0.984. The van der Waals surface area contributed by atoms with Crippen LogP contribution < -0.4 is 10.1 Å². The highest BCUT2D eigenvalue weighted by Crippen LogP contribution is 2.37. The summed E-state index contributed by atoms with van der Waals surface area (Å²) in [6.45, 7) is 6.60. The zero-order valence-electron chi connectivity index (χ0n) is 12.6. The first-order chi connectivity index (χ1) is 9.73. The van der Waals surface area contributed by atoms with Gasteiger partial charge < -0.3 is 10.1 Å². The van der Waals surface area contributed by atoms with Crippen LogP contribution in [0.1, 0.15) is 49.9 Å². The highest BCUT2D eigenvalue weighted by Gasteiger charge is 2.41. The molecule has 0 aromatic heterocycles. The zero-order chi connectivity index (χ0) is 14.4. The summed E-state index contributed by atoms with van der Waals surface area (Å²) >= 11 is 0. The van der Waals surface area contributed by atoms with Crippen LogP contribution in [-0.2, 0) is 0 Å². The molecule has 3 heteroatoms. The molecular weight excluding hydrogens is 250 g/mol. The van der Waals surface area contributed by atoms with Crippen LogP contribution in [0, 0.1) is 5.41 Å². The van der Waals surface area contributed by atoms with Gasteiger partial charge in [-0.05, 0) is 37.9 Å². The monoisotopic (exact) mass is 275 g/mol. The fourth-order valence-electron chi connectivity index (χ4n) is 3.02. The van der Waals surface area contributed by atoms with Crippen molar-refractivity contribution in [3.8, 4) is 5.75 Å². The molecule has 0 radical (unpaired) electrons. The van der Waals surface area contributed by atoms with Crippen molar-refractivity contribution in [1.82, 2.24) is 5.32 Å². The predicted octanol–water partition coefficient (Wildman–Crippen LogP) is 3.44. The zero-order valence-corrected chi connectivity index (χ0v) is 12.6. The molecule has 1 unspecified atom stereocenters. The Kier molecular flexibility index (Phi) is 5.18. The lowest BCUT2D eigenvalue weighted by Crippen LogP contribution is -2.33. The smallest absolute Gasteiger partial charge is 0.174 e. The Hall–Kier alpha value is -1.35. The largest absolute Gasteiger partial charge is 0.493 e. The van der Waals surface area contributed by atoms with Gasteiger partial charge in [-0.3, -0.25) is 4.79 Å². The lowest BCUT2D eigenvalue weighted by Gasteiger charge is -2.27. The van der Waals surface area contributed by atoms with E-state index in [1.165, 1.54) is 0 Å². The van der Waals surface area contributed by atoms with Crippen LogP contribution in [0.2, 0.25) is 0 Å². The Balaban J connectivity index is 2.27. The third-order valence-electron chi connectivity index (χ3n) is 4.05. The van der Waals surface area contributed by atoms with Gasteiger partial charge in [0.25, 0.3) is 0 Å². The number of ether oxygens (including phenoxy) is 1. The van der Waals surface area contributed by atoms with Gasteiger partial charge in [-0.25, -0.2) is 0 Å². The van der Waals surface area contributed by atoms with Crippen molar-refractivity contribution in [2.45, 2.75) is 39.5 Å². The second-order valence-electron chi connectivity index (χ2n) is 5.63. The van der Waals surface area contributed by atoms with E-state index in [4.69, 9.17) is 4.74 Å². The maximum Gasteiger partial charge on any atom is 0.174 e. The molecule has 0 bridgehead atoms. The number of hydrogen-bond acceptors (Lipinski definition) is 3. The summed E-state index contributed by atoms with van der Waals surface area (Å²) in [5.41, 5.74) is 0.513. The van der Waals surface area contributed by atoms with Gasteiger partial charge in [0.05, 0.1) is 12.2 Å². The first kappa shape index (κ1) is 15.0. The summed E-state index contributed by atoms with van der Waals surface area (Å²) in [6, 6.07) is 7.67. The molecule has 1 aliphatic rings. The number of rotatable bonds is 7. The molecule has 1 aromatic rings. The first-order valence-electron chi connectivity index (χ1n) is 7.71. The maximum atomic E-state index is 13.0. The second kappa shape index (κ2) is 6.89. The molecule has 1 saturated heterocycles. The van der Waals surface area contributed by atoms with E-state index in [1.54, 1.807) is 0 Å². The van der Waals surface area contributed by atoms with Crippen LogP contribution in [-0.4, -0.2) is 25.5 Å². The predicted molar refractivity (Wildman–Crippen MR) is 81.4 cm³/mol. The number of benzene rings is 1. The number of ketones is 1. The quantitative estimate of drug-likeness (QED) is 0.775. The van der Waals surface area contributed by atoms with E-state index in [0.717, 1.165) is 50.1 Å². The molecule has 1 fully saturated rings. The number of hydrogen-bond donors (Lipinski definition) is 1. The Morgan fingerprint density at radius 3 is 2.75 bits per heavy atom. The van der Waals surface area contributed by atoms with Gasteiger partial charge in [-0.15, -0.1) is 0 Å². The second-order valence-corrected chi connectivity index (χ2v) is 5.63. The summed E-state index contributed by atoms with van der Waals surface area (Å²) in [7, 11) is 0. The minimum atomic E-state index is -0.236. The number of carbonyl (C=O) groups is 1. The van der Waals surface area contributed by atoms with E-state index >= 15 is 0 Å². The Labute approximate surface area is 121 Å². The van der Waals surface area contributed by atoms with Gasteiger partial charge in [0.15, 0.2) is 5.78 Å². The van der Waals surface area contributed by atoms with Crippen LogP contribution in [0.4, 0.5) is 0 Å². The van der Waals surface area contributed by atoms with Crippen molar-refractivity contribution in [3.63, 3.8) is 0 Å². The van der Waals surface area contributed by atoms with Gasteiger partial charge in [0.2, 0.25) is 0 Å². The van der Waals surface area contributed by atoms with Crippen molar-refractivity contribution in [3.05, 3.63) is 29.8 Å². The van der Waals surface area contributed by atoms with Crippen LogP contribution in [0.5, 0.6) is 5.75 Å². The van der Waals surface area contributed by atoms with E-state index in [9.17, 15) is 4.79 Å². The van der Waals surface area contributed by atoms with Gasteiger partial charge in [0, 0.05) is 12.0 Å². The Morgan fingerprint density at radius 1 is 1.30 bits per heavy atom. The SMILES string of the molecule is CCCOc1ccccc1C(=O)C1(CCC)CCNC1. The van der Waals surface area contributed by atoms with Gasteiger partial charge >= 0.3 is 0 Å². The Bertz CT molecular complexity index is 450. The van der Waals surface area contributed by atoms with E-state index in [1.807, 2.05) is 24.3 Å². The van der Waals surface area contributed by atoms with Crippen molar-refractivity contribution in [1.29, 1.82) is 0 Å². The van der Waals surface area contributed by atoms with E-state index in [0.29, 0.717) is 6.61 Å². The lowest BCUT2D eigenvalue weighted by molar-refractivity contribution is 0.0797. The molecule has 3 nitrogen and oxygen atoms in total. The normalized spacial score (nSPS) is 21.9. The molecule has 20 heavy (non-hydrogen) atoms. The number of nitrogens with one attached hydrogen (secondary N) is 1. The topological polar surface area (TPSA) is 38.3 Å². The van der Waals surface area contributed by atoms with Gasteiger partial charge in [0.1, 0.15) is 5.75 Å². The average molecular weight is 275 g/mol. The maximum absolute atomic E-state index is 13.0. The molecule has 1 N–H and O–H groups in total. The van der Waals surface area contributed by atoms with Crippen LogP contribution in [0.15, 0.2) is 24.3 Å². The summed E-state index contributed by atoms with van der Waals surface area (Å²) in [4.78, 5) is 13.0. The van der Waals surface area contributed by atoms with Crippen molar-refractivity contribution in [2.24, 2.45) is 5.41 Å². The highest BCUT2D eigenvalue weighted by molar-refractivity contribution is 6.03. The van der Waals surface area contributed by atoms with E-state index in [2.05, 4.69) is 19.2 Å². The average Bonchev–Trinajstić information content (AvgIpc) is 2.95. The summed E-state index contributed by atoms with van der Waals surface area (Å²) < 4.78 is 5.75. The molecule has 1 atom stereocenters. The molecule has 1 aromatic carbocycles. The Morgan fingerprint density at radius 2 is 2.10 bits per heavy atom. The lowest BCUT2D eigenvalue weighted by atomic mass is 9.76. The van der Waals surface area contributed by atoms with E-state index in [-0.39, 0.29) is 11.2 Å². The van der Waals surface area contributed by atoms with Gasteiger partial charge in [-0.2, -0.15) is 0 Å². The fourth-order valence-corrected chi connectivity index (χ4v) is 3.02. The first-order valence-corrected chi connectivity index (χ1v) is 7.71. The van der Waals surface area contributed by atoms with Crippen molar-refractivity contribution in [2.75, 3.05) is 19.7 Å². The van der Waals surface area contributed by atoms with Crippen molar-refractivity contribution >= 4 is 5.78 Å². The highest BCUT2D eigenvalue weighted by atomic mass is 16.5. The molecule has 0 aliphatic carbocycles. The molecule has 2 rings (SSSR count). The van der Waals surface area contributed by atoms with Crippen molar-refractivity contribution < 1.29 is 9.53 Å².